The second-order valence-corrected chi connectivity index (χ2v) is 5.52. The fourth-order valence-electron chi connectivity index (χ4n) is 1.88. The van der Waals surface area contributed by atoms with Crippen LogP contribution in [0.25, 0.3) is 0 Å². The number of benzene rings is 2. The average molecular weight is 367 g/mol. The van der Waals surface area contributed by atoms with Gasteiger partial charge in [-0.05, 0) is 42.5 Å². The Morgan fingerprint density at radius 2 is 1.75 bits per heavy atom. The van der Waals surface area contributed by atoms with Crippen LogP contribution in [0.15, 0.2) is 36.4 Å². The van der Waals surface area contributed by atoms with Crippen molar-refractivity contribution in [3.05, 3.63) is 47.0 Å². The number of methoxy groups -OCH3 is 2. The maximum absolute atomic E-state index is 12.3. The Hall–Kier alpha value is -2.51. The van der Waals surface area contributed by atoms with Crippen molar-refractivity contribution in [3.63, 3.8) is 0 Å². The summed E-state index contributed by atoms with van der Waals surface area (Å²) >= 11 is 10.9. The van der Waals surface area contributed by atoms with E-state index in [0.717, 1.165) is 0 Å². The summed E-state index contributed by atoms with van der Waals surface area (Å²) in [6.07, 6.45) is 0. The van der Waals surface area contributed by atoms with Gasteiger partial charge in [-0.1, -0.05) is 11.6 Å². The molecule has 0 radical (unpaired) electrons. The number of amides is 1. The van der Waals surface area contributed by atoms with Crippen molar-refractivity contribution in [2.45, 2.75) is 0 Å². The van der Waals surface area contributed by atoms with Crippen LogP contribution in [0.5, 0.6) is 17.2 Å². The Morgan fingerprint density at radius 3 is 2.33 bits per heavy atom. The standard InChI is InChI=1S/C16H15ClN2O4S/c1-22-11-5-9(6-12(8-11)23-2)15(21)19-16(24)18-13-7-10(17)3-4-14(13)20/h3-8,20H,1-2H3,(H2,18,19,21,24). The molecule has 2 aromatic rings. The van der Waals surface area contributed by atoms with Crippen LogP contribution in [-0.2, 0) is 0 Å². The third-order valence-corrected chi connectivity index (χ3v) is 3.49. The van der Waals surface area contributed by atoms with Gasteiger partial charge in [0, 0.05) is 16.7 Å². The molecule has 6 nitrogen and oxygen atoms in total. The Labute approximate surface area is 149 Å². The third kappa shape index (κ3) is 4.50. The van der Waals surface area contributed by atoms with E-state index in [9.17, 15) is 9.90 Å². The van der Waals surface area contributed by atoms with Gasteiger partial charge in [0.25, 0.3) is 5.91 Å². The van der Waals surface area contributed by atoms with E-state index in [-0.39, 0.29) is 16.5 Å². The first kappa shape index (κ1) is 17.8. The molecule has 0 aliphatic heterocycles. The monoisotopic (exact) mass is 366 g/mol. The number of hydrogen-bond acceptors (Lipinski definition) is 5. The Morgan fingerprint density at radius 1 is 1.12 bits per heavy atom. The number of halogens is 1. The van der Waals surface area contributed by atoms with Crippen molar-refractivity contribution in [1.82, 2.24) is 5.32 Å². The minimum atomic E-state index is -0.453. The molecule has 0 bridgehead atoms. The molecule has 0 aliphatic carbocycles. The van der Waals surface area contributed by atoms with Crippen molar-refractivity contribution in [2.75, 3.05) is 19.5 Å². The van der Waals surface area contributed by atoms with Gasteiger partial charge in [0.15, 0.2) is 5.11 Å². The summed E-state index contributed by atoms with van der Waals surface area (Å²) in [5.74, 6) is 0.460. The van der Waals surface area contributed by atoms with Crippen LogP contribution in [0, 0.1) is 0 Å². The van der Waals surface area contributed by atoms with Crippen LogP contribution in [0.2, 0.25) is 5.02 Å². The summed E-state index contributed by atoms with van der Waals surface area (Å²) < 4.78 is 10.2. The molecule has 0 saturated carbocycles. The molecule has 3 N–H and O–H groups in total. The molecule has 8 heteroatoms. The summed E-state index contributed by atoms with van der Waals surface area (Å²) in [6, 6.07) is 9.20. The normalized spacial score (nSPS) is 9.96. The number of thiocarbonyl (C=S) groups is 1. The molecule has 0 spiro atoms. The van der Waals surface area contributed by atoms with Crippen LogP contribution >= 0.6 is 23.8 Å². The molecule has 0 aliphatic rings. The minimum Gasteiger partial charge on any atom is -0.506 e. The Kier molecular flexibility index (Phi) is 5.83. The molecule has 0 saturated heterocycles. The first-order chi connectivity index (χ1) is 11.4. The van der Waals surface area contributed by atoms with E-state index in [4.69, 9.17) is 33.3 Å². The molecule has 0 heterocycles. The molecule has 0 aromatic heterocycles. The van der Waals surface area contributed by atoms with Crippen molar-refractivity contribution in [3.8, 4) is 17.2 Å². The maximum atomic E-state index is 12.3. The molecule has 0 fully saturated rings. The largest absolute Gasteiger partial charge is 0.506 e. The number of phenolic OH excluding ortho intramolecular Hbond substituents is 1. The lowest BCUT2D eigenvalue weighted by atomic mass is 10.2. The summed E-state index contributed by atoms with van der Waals surface area (Å²) in [7, 11) is 2.98. The molecule has 0 atom stereocenters. The van der Waals surface area contributed by atoms with E-state index in [1.807, 2.05) is 0 Å². The van der Waals surface area contributed by atoms with E-state index in [2.05, 4.69) is 10.6 Å². The zero-order chi connectivity index (χ0) is 17.7. The molecular weight excluding hydrogens is 352 g/mol. The summed E-state index contributed by atoms with van der Waals surface area (Å²) in [5.41, 5.74) is 0.599. The zero-order valence-corrected chi connectivity index (χ0v) is 14.5. The van der Waals surface area contributed by atoms with Gasteiger partial charge < -0.3 is 19.9 Å². The second-order valence-electron chi connectivity index (χ2n) is 4.67. The highest BCUT2D eigenvalue weighted by atomic mass is 35.5. The van der Waals surface area contributed by atoms with Gasteiger partial charge in [-0.3, -0.25) is 10.1 Å². The highest BCUT2D eigenvalue weighted by Crippen LogP contribution is 2.26. The summed E-state index contributed by atoms with van der Waals surface area (Å²) in [5, 5.41) is 15.4. The quantitative estimate of drug-likeness (QED) is 0.569. The van der Waals surface area contributed by atoms with Crippen LogP contribution in [0.3, 0.4) is 0 Å². The van der Waals surface area contributed by atoms with E-state index in [1.54, 1.807) is 18.2 Å². The maximum Gasteiger partial charge on any atom is 0.257 e. The van der Waals surface area contributed by atoms with Gasteiger partial charge in [0.05, 0.1) is 19.9 Å². The summed E-state index contributed by atoms with van der Waals surface area (Å²) in [6.45, 7) is 0. The Balaban J connectivity index is 2.11. The fraction of sp³-hybridized carbons (Fsp3) is 0.125. The summed E-state index contributed by atoms with van der Waals surface area (Å²) in [4.78, 5) is 12.3. The predicted molar refractivity (Wildman–Crippen MR) is 96.3 cm³/mol. The van der Waals surface area contributed by atoms with Crippen molar-refractivity contribution < 1.29 is 19.4 Å². The van der Waals surface area contributed by atoms with Gasteiger partial charge >= 0.3 is 0 Å². The zero-order valence-electron chi connectivity index (χ0n) is 12.9. The average Bonchev–Trinajstić information content (AvgIpc) is 2.57. The van der Waals surface area contributed by atoms with Gasteiger partial charge in [0.1, 0.15) is 17.2 Å². The molecule has 1 amide bonds. The SMILES string of the molecule is COc1cc(OC)cc(C(=O)NC(=S)Nc2cc(Cl)ccc2O)c1. The Bertz CT molecular complexity index is 760. The number of carbonyl (C=O) groups is 1. The second kappa shape index (κ2) is 7.85. The fourth-order valence-corrected chi connectivity index (χ4v) is 2.25. The lowest BCUT2D eigenvalue weighted by molar-refractivity contribution is 0.0977. The van der Waals surface area contributed by atoms with Crippen LogP contribution in [-0.4, -0.2) is 30.3 Å². The number of rotatable bonds is 4. The van der Waals surface area contributed by atoms with Crippen molar-refractivity contribution in [2.24, 2.45) is 0 Å². The first-order valence-electron chi connectivity index (χ1n) is 6.77. The molecule has 0 unspecified atom stereocenters. The van der Waals surface area contributed by atoms with E-state index < -0.39 is 5.91 Å². The predicted octanol–water partition coefficient (Wildman–Crippen LogP) is 3.19. The lowest BCUT2D eigenvalue weighted by Crippen LogP contribution is -2.34. The van der Waals surface area contributed by atoms with E-state index in [1.165, 1.54) is 32.4 Å². The highest BCUT2D eigenvalue weighted by molar-refractivity contribution is 7.80. The molecular formula is C16H15ClN2O4S. The van der Waals surface area contributed by atoms with E-state index >= 15 is 0 Å². The topological polar surface area (TPSA) is 79.8 Å². The van der Waals surface area contributed by atoms with Gasteiger partial charge in [0.2, 0.25) is 0 Å². The van der Waals surface area contributed by atoms with Crippen LogP contribution in [0.1, 0.15) is 10.4 Å². The number of phenols is 1. The minimum absolute atomic E-state index is 0.0133. The smallest absolute Gasteiger partial charge is 0.257 e. The van der Waals surface area contributed by atoms with E-state index in [0.29, 0.717) is 22.1 Å². The van der Waals surface area contributed by atoms with Crippen LogP contribution in [0.4, 0.5) is 5.69 Å². The third-order valence-electron chi connectivity index (χ3n) is 3.05. The molecule has 126 valence electrons. The van der Waals surface area contributed by atoms with Crippen molar-refractivity contribution >= 4 is 40.5 Å². The number of anilines is 1. The number of carbonyl (C=O) groups excluding carboxylic acids is 1. The highest BCUT2D eigenvalue weighted by Gasteiger charge is 2.12. The van der Waals surface area contributed by atoms with Crippen LogP contribution < -0.4 is 20.1 Å². The first-order valence-corrected chi connectivity index (χ1v) is 7.55. The van der Waals surface area contributed by atoms with Gasteiger partial charge in [-0.15, -0.1) is 0 Å². The lowest BCUT2D eigenvalue weighted by Gasteiger charge is -2.12. The van der Waals surface area contributed by atoms with Crippen molar-refractivity contribution in [1.29, 1.82) is 0 Å². The number of hydrogen-bond donors (Lipinski definition) is 3. The van der Waals surface area contributed by atoms with Gasteiger partial charge in [-0.2, -0.15) is 0 Å². The molecule has 2 rings (SSSR count). The number of nitrogens with one attached hydrogen (secondary N) is 2. The number of ether oxygens (including phenoxy) is 2. The number of aromatic hydroxyl groups is 1. The molecule has 24 heavy (non-hydrogen) atoms. The molecule has 2 aromatic carbocycles. The van der Waals surface area contributed by atoms with Gasteiger partial charge in [-0.25, -0.2) is 0 Å².